The topological polar surface area (TPSA) is 81.9 Å². The van der Waals surface area contributed by atoms with Gasteiger partial charge in [0.25, 0.3) is 5.91 Å². The average Bonchev–Trinajstić information content (AvgIpc) is 2.87. The van der Waals surface area contributed by atoms with Gasteiger partial charge in [0.05, 0.1) is 0 Å². The highest BCUT2D eigenvalue weighted by atomic mass is 16.5. The van der Waals surface area contributed by atoms with Crippen molar-refractivity contribution in [2.75, 3.05) is 11.9 Å². The highest BCUT2D eigenvalue weighted by Gasteiger charge is 2.18. The van der Waals surface area contributed by atoms with Gasteiger partial charge in [0, 0.05) is 19.2 Å². The van der Waals surface area contributed by atoms with Crippen LogP contribution in [0.2, 0.25) is 0 Å². The summed E-state index contributed by atoms with van der Waals surface area (Å²) in [7, 11) is 1.72. The smallest absolute Gasteiger partial charge is 0.280 e. The molecule has 116 valence electrons. The first-order chi connectivity index (χ1) is 10.5. The molecule has 0 aromatic carbocycles. The van der Waals surface area contributed by atoms with Crippen LogP contribution in [0, 0.1) is 0 Å². The molecule has 22 heavy (non-hydrogen) atoms. The first-order valence-corrected chi connectivity index (χ1v) is 6.94. The van der Waals surface area contributed by atoms with E-state index >= 15 is 0 Å². The molecule has 0 radical (unpaired) electrons. The van der Waals surface area contributed by atoms with Crippen LogP contribution in [0.25, 0.3) is 0 Å². The summed E-state index contributed by atoms with van der Waals surface area (Å²) in [6.07, 6.45) is 3.14. The van der Waals surface area contributed by atoms with E-state index in [0.717, 1.165) is 0 Å². The van der Waals surface area contributed by atoms with Crippen LogP contribution in [0.3, 0.4) is 0 Å². The van der Waals surface area contributed by atoms with Gasteiger partial charge in [-0.2, -0.15) is 10.1 Å². The van der Waals surface area contributed by atoms with E-state index in [9.17, 15) is 4.79 Å². The largest absolute Gasteiger partial charge is 0.487 e. The fraction of sp³-hybridized carbons (Fsp3) is 0.333. The first kappa shape index (κ1) is 15.7. The predicted molar refractivity (Wildman–Crippen MR) is 83.0 cm³/mol. The van der Waals surface area contributed by atoms with Crippen molar-refractivity contribution in [1.29, 1.82) is 0 Å². The van der Waals surface area contributed by atoms with Crippen molar-refractivity contribution in [3.8, 4) is 5.75 Å². The maximum Gasteiger partial charge on any atom is 0.280 e. The van der Waals surface area contributed by atoms with E-state index < -0.39 is 5.91 Å². The Morgan fingerprint density at radius 1 is 1.55 bits per heavy atom. The van der Waals surface area contributed by atoms with Crippen LogP contribution < -0.4 is 10.1 Å². The zero-order chi connectivity index (χ0) is 16.1. The molecule has 2 aromatic heterocycles. The molecular weight excluding hydrogens is 282 g/mol. The summed E-state index contributed by atoms with van der Waals surface area (Å²) in [5.74, 6) is 1.21. The van der Waals surface area contributed by atoms with Crippen molar-refractivity contribution in [2.24, 2.45) is 7.05 Å². The number of rotatable bonds is 6. The Morgan fingerprint density at radius 2 is 2.32 bits per heavy atom. The van der Waals surface area contributed by atoms with Gasteiger partial charge in [-0.1, -0.05) is 26.5 Å². The minimum absolute atomic E-state index is 0.179. The van der Waals surface area contributed by atoms with Gasteiger partial charge >= 0.3 is 0 Å². The van der Waals surface area contributed by atoms with Gasteiger partial charge in [0.1, 0.15) is 6.61 Å². The van der Waals surface area contributed by atoms with Gasteiger partial charge in [0.15, 0.2) is 17.3 Å². The zero-order valence-corrected chi connectivity index (χ0v) is 12.9. The number of carbonyl (C=O) groups is 1. The normalized spacial score (nSPS) is 10.5. The summed E-state index contributed by atoms with van der Waals surface area (Å²) < 4.78 is 6.96. The molecule has 0 aliphatic carbocycles. The number of amides is 1. The van der Waals surface area contributed by atoms with Crippen LogP contribution in [0.15, 0.2) is 31.0 Å². The van der Waals surface area contributed by atoms with E-state index in [1.54, 1.807) is 25.3 Å². The molecule has 0 aliphatic heterocycles. The van der Waals surface area contributed by atoms with Crippen molar-refractivity contribution in [1.82, 2.24) is 19.7 Å². The lowest BCUT2D eigenvalue weighted by atomic mass is 10.2. The molecule has 0 fully saturated rings. The SMILES string of the molecule is C=CCOc1cccnc1C(=O)Nc1nc(C(C)C)nn1C. The molecule has 0 atom stereocenters. The molecule has 0 saturated heterocycles. The number of nitrogens with one attached hydrogen (secondary N) is 1. The third-order valence-corrected chi connectivity index (χ3v) is 2.86. The number of nitrogens with zero attached hydrogens (tertiary/aromatic N) is 4. The molecule has 2 rings (SSSR count). The molecule has 7 heteroatoms. The minimum Gasteiger partial charge on any atom is -0.487 e. The Morgan fingerprint density at radius 3 is 2.95 bits per heavy atom. The Labute approximate surface area is 129 Å². The molecule has 1 N–H and O–H groups in total. The van der Waals surface area contributed by atoms with Crippen molar-refractivity contribution < 1.29 is 9.53 Å². The minimum atomic E-state index is -0.398. The highest BCUT2D eigenvalue weighted by Crippen LogP contribution is 2.18. The molecule has 0 bridgehead atoms. The predicted octanol–water partition coefficient (Wildman–Crippen LogP) is 2.15. The molecular formula is C15H19N5O2. The summed E-state index contributed by atoms with van der Waals surface area (Å²) in [5, 5.41) is 6.96. The number of carbonyl (C=O) groups excluding carboxylic acids is 1. The van der Waals surface area contributed by atoms with Crippen LogP contribution in [-0.4, -0.2) is 32.3 Å². The second-order valence-corrected chi connectivity index (χ2v) is 4.98. The lowest BCUT2D eigenvalue weighted by molar-refractivity contribution is 0.101. The summed E-state index contributed by atoms with van der Waals surface area (Å²) in [4.78, 5) is 20.7. The molecule has 0 saturated carbocycles. The molecule has 2 aromatic rings. The third-order valence-electron chi connectivity index (χ3n) is 2.86. The van der Waals surface area contributed by atoms with E-state index in [1.807, 2.05) is 13.8 Å². The Kier molecular flexibility index (Phi) is 4.88. The Bertz CT molecular complexity index is 678. The van der Waals surface area contributed by atoms with Gasteiger partial charge in [0.2, 0.25) is 5.95 Å². The van der Waals surface area contributed by atoms with E-state index in [1.165, 1.54) is 10.9 Å². The summed E-state index contributed by atoms with van der Waals surface area (Å²) in [6, 6.07) is 3.38. The Hall–Kier alpha value is -2.70. The number of aromatic nitrogens is 4. The maximum absolute atomic E-state index is 12.4. The van der Waals surface area contributed by atoms with Gasteiger partial charge in [-0.25, -0.2) is 9.67 Å². The molecule has 2 heterocycles. The monoisotopic (exact) mass is 301 g/mol. The van der Waals surface area contributed by atoms with E-state index in [4.69, 9.17) is 4.74 Å². The van der Waals surface area contributed by atoms with Gasteiger partial charge < -0.3 is 4.74 Å². The highest BCUT2D eigenvalue weighted by molar-refractivity contribution is 6.03. The second kappa shape index (κ2) is 6.84. The van der Waals surface area contributed by atoms with E-state index in [-0.39, 0.29) is 11.6 Å². The summed E-state index contributed by atoms with van der Waals surface area (Å²) in [6.45, 7) is 7.85. The molecule has 0 aliphatic rings. The van der Waals surface area contributed by atoms with Crippen LogP contribution >= 0.6 is 0 Å². The van der Waals surface area contributed by atoms with Crippen molar-refractivity contribution in [2.45, 2.75) is 19.8 Å². The number of pyridine rings is 1. The fourth-order valence-corrected chi connectivity index (χ4v) is 1.74. The molecule has 0 unspecified atom stereocenters. The van der Waals surface area contributed by atoms with Gasteiger partial charge in [-0.15, -0.1) is 0 Å². The van der Waals surface area contributed by atoms with E-state index in [0.29, 0.717) is 24.1 Å². The third kappa shape index (κ3) is 3.49. The van der Waals surface area contributed by atoms with Crippen LogP contribution in [-0.2, 0) is 7.05 Å². The maximum atomic E-state index is 12.4. The standard InChI is InChI=1S/C15H19N5O2/c1-5-9-22-11-7-6-8-16-12(11)14(21)18-15-17-13(10(2)3)19-20(15)4/h5-8,10H,1,9H2,2-4H3,(H,17,18,19,21). The quantitative estimate of drug-likeness (QED) is 0.827. The number of aryl methyl sites for hydroxylation is 1. The Balaban J connectivity index is 2.20. The number of ether oxygens (including phenoxy) is 1. The lowest BCUT2D eigenvalue weighted by Crippen LogP contribution is -2.18. The number of anilines is 1. The number of hydrogen-bond donors (Lipinski definition) is 1. The zero-order valence-electron chi connectivity index (χ0n) is 12.9. The van der Waals surface area contributed by atoms with Crippen LogP contribution in [0.5, 0.6) is 5.75 Å². The van der Waals surface area contributed by atoms with Crippen LogP contribution in [0.1, 0.15) is 36.1 Å². The lowest BCUT2D eigenvalue weighted by Gasteiger charge is -2.08. The van der Waals surface area contributed by atoms with Crippen molar-refractivity contribution in [3.05, 3.63) is 42.5 Å². The summed E-state index contributed by atoms with van der Waals surface area (Å²) in [5.41, 5.74) is 0.193. The van der Waals surface area contributed by atoms with Gasteiger partial charge in [-0.05, 0) is 12.1 Å². The molecule has 1 amide bonds. The van der Waals surface area contributed by atoms with Gasteiger partial charge in [-0.3, -0.25) is 10.1 Å². The van der Waals surface area contributed by atoms with Crippen molar-refractivity contribution >= 4 is 11.9 Å². The molecule has 7 nitrogen and oxygen atoms in total. The molecule has 0 spiro atoms. The summed E-state index contributed by atoms with van der Waals surface area (Å²) >= 11 is 0. The second-order valence-electron chi connectivity index (χ2n) is 4.98. The average molecular weight is 301 g/mol. The first-order valence-electron chi connectivity index (χ1n) is 6.94. The van der Waals surface area contributed by atoms with E-state index in [2.05, 4.69) is 27.0 Å². The number of hydrogen-bond acceptors (Lipinski definition) is 5. The fourth-order valence-electron chi connectivity index (χ4n) is 1.74. The van der Waals surface area contributed by atoms with Crippen molar-refractivity contribution in [3.63, 3.8) is 0 Å². The van der Waals surface area contributed by atoms with Crippen LogP contribution in [0.4, 0.5) is 5.95 Å².